The second-order valence-corrected chi connectivity index (χ2v) is 26.8. The highest BCUT2D eigenvalue weighted by molar-refractivity contribution is 7.00. The Bertz CT molecular complexity index is 4190. The van der Waals surface area contributed by atoms with E-state index in [1.165, 1.54) is 116 Å². The first-order valence-electron chi connectivity index (χ1n) is 28.3. The van der Waals surface area contributed by atoms with Crippen LogP contribution in [0, 0.1) is 0 Å². The van der Waals surface area contributed by atoms with E-state index in [0.717, 1.165) is 28.1 Å². The number of nitrogens with zero attached hydrogens (tertiary/aromatic N) is 4. The minimum atomic E-state index is -0.102. The van der Waals surface area contributed by atoms with E-state index in [9.17, 15) is 0 Å². The third-order valence-electron chi connectivity index (χ3n) is 17.3. The van der Waals surface area contributed by atoms with Crippen molar-refractivity contribution >= 4 is 66.7 Å². The molecule has 0 spiro atoms. The zero-order valence-electron chi connectivity index (χ0n) is 47.8. The first kappa shape index (κ1) is 49.1. The van der Waals surface area contributed by atoms with Crippen molar-refractivity contribution in [2.75, 3.05) is 0 Å². The maximum atomic E-state index is 5.53. The van der Waals surface area contributed by atoms with Crippen LogP contribution < -0.4 is 16.4 Å². The lowest BCUT2D eigenvalue weighted by molar-refractivity contribution is 0.590. The van der Waals surface area contributed by atoms with Crippen molar-refractivity contribution in [1.82, 2.24) is 19.1 Å². The summed E-state index contributed by atoms with van der Waals surface area (Å²) in [5.74, 6) is 0.704. The predicted octanol–water partition coefficient (Wildman–Crippen LogP) is 17.3. The van der Waals surface area contributed by atoms with Crippen molar-refractivity contribution in [3.05, 3.63) is 210 Å². The molecule has 0 unspecified atom stereocenters. The van der Waals surface area contributed by atoms with E-state index in [2.05, 4.69) is 280 Å². The fourth-order valence-corrected chi connectivity index (χ4v) is 12.9. The van der Waals surface area contributed by atoms with Crippen LogP contribution in [0.4, 0.5) is 0 Å². The van der Waals surface area contributed by atoms with Gasteiger partial charge in [-0.3, -0.25) is 0 Å². The van der Waals surface area contributed by atoms with Crippen LogP contribution in [0.15, 0.2) is 188 Å². The maximum absolute atomic E-state index is 5.53. The Labute approximate surface area is 465 Å². The normalized spacial score (nSPS) is 13.3. The minimum Gasteiger partial charge on any atom is -0.310 e. The highest BCUT2D eigenvalue weighted by Gasteiger charge is 2.42. The Morgan fingerprint density at radius 1 is 0.316 bits per heavy atom. The molecule has 9 aromatic carbocycles. The van der Waals surface area contributed by atoms with Crippen molar-refractivity contribution in [3.63, 3.8) is 0 Å². The molecular formula is C74H67BN4. The van der Waals surface area contributed by atoms with Gasteiger partial charge >= 0.3 is 0 Å². The summed E-state index contributed by atoms with van der Waals surface area (Å²) >= 11 is 0. The summed E-state index contributed by atoms with van der Waals surface area (Å²) in [6.07, 6.45) is 0. The van der Waals surface area contributed by atoms with E-state index in [4.69, 9.17) is 9.97 Å². The van der Waals surface area contributed by atoms with Gasteiger partial charge in [-0.1, -0.05) is 217 Å². The molecule has 12 aromatic rings. The number of hydrogen-bond acceptors (Lipinski definition) is 2. The van der Waals surface area contributed by atoms with E-state index in [0.29, 0.717) is 5.82 Å². The van der Waals surface area contributed by atoms with Crippen LogP contribution in [-0.2, 0) is 21.7 Å². The summed E-state index contributed by atoms with van der Waals surface area (Å²) < 4.78 is 5.24. The molecular weight excluding hydrogens is 956 g/mol. The van der Waals surface area contributed by atoms with E-state index in [1.807, 2.05) is 0 Å². The molecule has 0 saturated carbocycles. The van der Waals surface area contributed by atoms with Gasteiger partial charge in [-0.15, -0.1) is 0 Å². The summed E-state index contributed by atoms with van der Waals surface area (Å²) in [6.45, 7) is 27.7. The monoisotopic (exact) mass is 1020 g/mol. The molecule has 4 nitrogen and oxygen atoms in total. The van der Waals surface area contributed by atoms with Gasteiger partial charge in [0, 0.05) is 60.6 Å². The zero-order valence-corrected chi connectivity index (χ0v) is 47.8. The summed E-state index contributed by atoms with van der Waals surface area (Å²) in [7, 11) is 0. The molecule has 2 aliphatic heterocycles. The minimum absolute atomic E-state index is 0.0416. The van der Waals surface area contributed by atoms with Gasteiger partial charge in [0.25, 0.3) is 6.71 Å². The topological polar surface area (TPSA) is 35.6 Å². The van der Waals surface area contributed by atoms with Gasteiger partial charge in [0.15, 0.2) is 5.82 Å². The molecule has 5 heterocycles. The Balaban J connectivity index is 1.15. The van der Waals surface area contributed by atoms with Gasteiger partial charge in [0.2, 0.25) is 0 Å². The SMILES string of the molecule is CC(C)(C)c1ccc(-c2cc3c4c(c2)c2cc(C(C)(C)C)ccc2n4-c2cc(-c4cc(-c5ccccc5)nc(-c5ccccc5)n4)cc4c2B3c2cc(-c3ccc(C(C)(C)C)cc3)cc3c5cc(C(C)(C)C)ccc5n-4c23)cc1. The highest BCUT2D eigenvalue weighted by Crippen LogP contribution is 2.45. The molecule has 0 amide bonds. The third-order valence-corrected chi connectivity index (χ3v) is 17.3. The lowest BCUT2D eigenvalue weighted by atomic mass is 9.34. The smallest absolute Gasteiger partial charge is 0.252 e. The van der Waals surface area contributed by atoms with Crippen LogP contribution >= 0.6 is 0 Å². The van der Waals surface area contributed by atoms with Crippen LogP contribution in [0.25, 0.3) is 111 Å². The maximum Gasteiger partial charge on any atom is 0.252 e. The predicted molar refractivity (Wildman–Crippen MR) is 337 cm³/mol. The molecule has 0 bridgehead atoms. The van der Waals surface area contributed by atoms with Crippen LogP contribution in [0.3, 0.4) is 0 Å². The molecule has 14 rings (SSSR count). The standard InChI is InChI=1S/C74H67BN4/c1-71(2,3)51-27-23-44(24-28-51)48-35-57-55-41-53(73(7,8)9)31-33-63(55)78-65-39-50(62-43-61(46-19-15-13-16-20-46)76-70(77-62)47-21-17-14-18-22-47)40-66-67(65)75(59(37-48)68(57)78)60-38-49(45-25-29-52(30-26-45)72(4,5)6)36-58-56-42-54(74(10,11)12)32-34-64(56)79(66)69(58)60/h13-43H,1-12H3. The van der Waals surface area contributed by atoms with Gasteiger partial charge < -0.3 is 9.13 Å². The molecule has 0 N–H and O–H groups in total. The van der Waals surface area contributed by atoms with E-state index < -0.39 is 0 Å². The number of aromatic nitrogens is 4. The number of rotatable bonds is 5. The molecule has 2 aliphatic rings. The molecule has 5 heteroatoms. The van der Waals surface area contributed by atoms with Gasteiger partial charge in [-0.2, -0.15) is 0 Å². The van der Waals surface area contributed by atoms with Crippen molar-refractivity contribution in [2.24, 2.45) is 0 Å². The Kier molecular flexibility index (Phi) is 10.6. The third kappa shape index (κ3) is 7.86. The molecule has 0 atom stereocenters. The lowest BCUT2D eigenvalue weighted by Gasteiger charge is -2.34. The lowest BCUT2D eigenvalue weighted by Crippen LogP contribution is -2.59. The van der Waals surface area contributed by atoms with Crippen molar-refractivity contribution in [3.8, 4) is 67.5 Å². The first-order valence-corrected chi connectivity index (χ1v) is 28.3. The summed E-state index contributed by atoms with van der Waals surface area (Å²) in [4.78, 5) is 10.8. The van der Waals surface area contributed by atoms with Gasteiger partial charge in [0.1, 0.15) is 0 Å². The van der Waals surface area contributed by atoms with Crippen molar-refractivity contribution in [1.29, 1.82) is 0 Å². The van der Waals surface area contributed by atoms with Crippen molar-refractivity contribution < 1.29 is 0 Å². The molecule has 386 valence electrons. The Hall–Kier alpha value is -8.28. The highest BCUT2D eigenvalue weighted by atomic mass is 15.0. The first-order chi connectivity index (χ1) is 37.7. The van der Waals surface area contributed by atoms with Gasteiger partial charge in [-0.05, 0) is 137 Å². The quantitative estimate of drug-likeness (QED) is 0.161. The molecule has 3 aromatic heterocycles. The van der Waals surface area contributed by atoms with Gasteiger partial charge in [0.05, 0.1) is 22.4 Å². The largest absolute Gasteiger partial charge is 0.310 e. The number of benzene rings is 9. The molecule has 0 fully saturated rings. The average Bonchev–Trinajstić information content (AvgIpc) is 2.56. The number of hydrogen-bond donors (Lipinski definition) is 0. The fourth-order valence-electron chi connectivity index (χ4n) is 12.9. The van der Waals surface area contributed by atoms with Crippen molar-refractivity contribution in [2.45, 2.75) is 105 Å². The second kappa shape index (κ2) is 17.1. The molecule has 79 heavy (non-hydrogen) atoms. The molecule has 0 aliphatic carbocycles. The average molecular weight is 1020 g/mol. The second-order valence-electron chi connectivity index (χ2n) is 26.8. The summed E-state index contributed by atoms with van der Waals surface area (Å²) in [5.41, 5.74) is 26.3. The van der Waals surface area contributed by atoms with E-state index in [1.54, 1.807) is 0 Å². The Morgan fingerprint density at radius 3 is 1.13 bits per heavy atom. The Morgan fingerprint density at radius 2 is 0.709 bits per heavy atom. The van der Waals surface area contributed by atoms with Crippen LogP contribution in [0.2, 0.25) is 0 Å². The van der Waals surface area contributed by atoms with Gasteiger partial charge in [-0.25, -0.2) is 9.97 Å². The zero-order chi connectivity index (χ0) is 54.7. The molecule has 0 saturated heterocycles. The van der Waals surface area contributed by atoms with Crippen LogP contribution in [0.5, 0.6) is 0 Å². The molecule has 0 radical (unpaired) electrons. The van der Waals surface area contributed by atoms with E-state index in [-0.39, 0.29) is 28.4 Å². The number of fused-ring (bicyclic) bond motifs is 10. The van der Waals surface area contributed by atoms with Crippen LogP contribution in [-0.4, -0.2) is 25.8 Å². The summed E-state index contributed by atoms with van der Waals surface area (Å²) in [5, 5.41) is 5.09. The summed E-state index contributed by atoms with van der Waals surface area (Å²) in [6, 6.07) is 71.5. The van der Waals surface area contributed by atoms with Crippen LogP contribution in [0.1, 0.15) is 105 Å². The van der Waals surface area contributed by atoms with E-state index >= 15 is 0 Å². The fraction of sp³-hybridized carbons (Fsp3) is 0.216.